The highest BCUT2D eigenvalue weighted by atomic mass is 35.5. The number of methoxy groups -OCH3 is 2. The zero-order valence-electron chi connectivity index (χ0n) is 21.9. The number of nitrogens with one attached hydrogen (secondary N) is 2. The molecule has 1 unspecified atom stereocenters. The largest absolute Gasteiger partial charge is 0.493 e. The van der Waals surface area contributed by atoms with Crippen molar-refractivity contribution < 1.29 is 19.1 Å². The summed E-state index contributed by atoms with van der Waals surface area (Å²) in [5, 5.41) is 7.21. The molecule has 2 amide bonds. The molecule has 0 saturated carbocycles. The first-order valence-electron chi connectivity index (χ1n) is 12.3. The fourth-order valence-corrected chi connectivity index (χ4v) is 6.19. The van der Waals surface area contributed by atoms with Crippen LogP contribution in [0.3, 0.4) is 0 Å². The van der Waals surface area contributed by atoms with Gasteiger partial charge in [-0.25, -0.2) is 0 Å². The van der Waals surface area contributed by atoms with Crippen molar-refractivity contribution in [2.24, 2.45) is 11.3 Å². The molecule has 6 nitrogen and oxygen atoms in total. The minimum atomic E-state index is -0.226. The highest BCUT2D eigenvalue weighted by molar-refractivity contribution is 7.17. The topological polar surface area (TPSA) is 76.7 Å². The monoisotopic (exact) mass is 540 g/mol. The molecule has 0 fully saturated rings. The van der Waals surface area contributed by atoms with E-state index in [2.05, 4.69) is 31.4 Å². The lowest BCUT2D eigenvalue weighted by atomic mass is 9.72. The van der Waals surface area contributed by atoms with Crippen molar-refractivity contribution in [3.8, 4) is 11.5 Å². The van der Waals surface area contributed by atoms with Crippen molar-refractivity contribution in [1.82, 2.24) is 0 Å². The van der Waals surface area contributed by atoms with E-state index in [-0.39, 0.29) is 23.7 Å². The van der Waals surface area contributed by atoms with Gasteiger partial charge in [0.2, 0.25) is 5.91 Å². The fraction of sp³-hybridized carbons (Fsp3) is 0.379. The summed E-state index contributed by atoms with van der Waals surface area (Å²) in [5.41, 5.74) is 3.21. The molecule has 4 rings (SSSR count). The van der Waals surface area contributed by atoms with Gasteiger partial charge in [-0.05, 0) is 78.1 Å². The van der Waals surface area contributed by atoms with Gasteiger partial charge in [-0.1, -0.05) is 38.4 Å². The SMILES string of the molecule is COc1ccc(CC(=O)Nc2sc3c(c2C(=O)Nc2ccc(Cl)cc2)CCC(C(C)(C)C)C3)cc1OC. The van der Waals surface area contributed by atoms with Crippen LogP contribution in [0, 0.1) is 11.3 Å². The number of benzene rings is 2. The predicted molar refractivity (Wildman–Crippen MR) is 151 cm³/mol. The third-order valence-electron chi connectivity index (χ3n) is 6.88. The summed E-state index contributed by atoms with van der Waals surface area (Å²) in [6, 6.07) is 12.4. The Morgan fingerprint density at radius 3 is 2.38 bits per heavy atom. The summed E-state index contributed by atoms with van der Waals surface area (Å²) < 4.78 is 10.7. The van der Waals surface area contributed by atoms with Crippen molar-refractivity contribution in [3.63, 3.8) is 0 Å². The molecular weight excluding hydrogens is 508 g/mol. The Labute approximate surface area is 227 Å². The van der Waals surface area contributed by atoms with Crippen LogP contribution in [0.25, 0.3) is 0 Å². The number of amides is 2. The first-order valence-corrected chi connectivity index (χ1v) is 13.5. The Balaban J connectivity index is 1.61. The molecule has 0 spiro atoms. The summed E-state index contributed by atoms with van der Waals surface area (Å²) in [6.07, 6.45) is 2.86. The van der Waals surface area contributed by atoms with Gasteiger partial charge in [-0.2, -0.15) is 0 Å². The van der Waals surface area contributed by atoms with Crippen LogP contribution < -0.4 is 20.1 Å². The third-order valence-corrected chi connectivity index (χ3v) is 8.31. The summed E-state index contributed by atoms with van der Waals surface area (Å²) in [5.74, 6) is 1.26. The number of hydrogen-bond donors (Lipinski definition) is 2. The Morgan fingerprint density at radius 1 is 1.03 bits per heavy atom. The Morgan fingerprint density at radius 2 is 1.73 bits per heavy atom. The van der Waals surface area contributed by atoms with E-state index in [1.165, 1.54) is 16.2 Å². The summed E-state index contributed by atoms with van der Waals surface area (Å²) in [4.78, 5) is 27.8. The van der Waals surface area contributed by atoms with Gasteiger partial charge in [-0.3, -0.25) is 9.59 Å². The number of thiophene rings is 1. The average molecular weight is 541 g/mol. The quantitative estimate of drug-likeness (QED) is 0.338. The van der Waals surface area contributed by atoms with Crippen molar-refractivity contribution in [2.45, 2.75) is 46.5 Å². The smallest absolute Gasteiger partial charge is 0.258 e. The van der Waals surface area contributed by atoms with E-state index in [9.17, 15) is 9.59 Å². The van der Waals surface area contributed by atoms with Gasteiger partial charge >= 0.3 is 0 Å². The Kier molecular flexibility index (Phi) is 8.14. The zero-order chi connectivity index (χ0) is 26.7. The second kappa shape index (κ2) is 11.2. The third kappa shape index (κ3) is 6.28. The summed E-state index contributed by atoms with van der Waals surface area (Å²) in [7, 11) is 3.14. The standard InChI is InChI=1S/C29H33ClN2O4S/c1-29(2,3)18-7-12-21-24(16-18)37-28(26(21)27(34)31-20-10-8-19(30)9-11-20)32-25(33)15-17-6-13-22(35-4)23(14-17)36-5/h6,8-11,13-14,18H,7,12,15-16H2,1-5H3,(H,31,34)(H,32,33). The molecule has 0 bridgehead atoms. The molecule has 2 N–H and O–H groups in total. The van der Waals surface area contributed by atoms with Crippen LogP contribution in [0.5, 0.6) is 11.5 Å². The lowest BCUT2D eigenvalue weighted by Crippen LogP contribution is -2.27. The molecule has 196 valence electrons. The normalized spacial score (nSPS) is 15.0. The van der Waals surface area contributed by atoms with E-state index < -0.39 is 0 Å². The summed E-state index contributed by atoms with van der Waals surface area (Å²) in [6.45, 7) is 6.78. The average Bonchev–Trinajstić information content (AvgIpc) is 3.21. The van der Waals surface area contributed by atoms with Gasteiger partial charge in [0.25, 0.3) is 5.91 Å². The Hall–Kier alpha value is -3.03. The molecule has 1 aliphatic rings. The molecule has 1 atom stereocenters. The minimum Gasteiger partial charge on any atom is -0.493 e. The molecule has 2 aromatic carbocycles. The molecule has 3 aromatic rings. The number of ether oxygens (including phenoxy) is 2. The van der Waals surface area contributed by atoms with Crippen molar-refractivity contribution >= 4 is 45.4 Å². The molecule has 1 aliphatic carbocycles. The number of hydrogen-bond acceptors (Lipinski definition) is 5. The van der Waals surface area contributed by atoms with Crippen LogP contribution in [0.15, 0.2) is 42.5 Å². The van der Waals surface area contributed by atoms with E-state index >= 15 is 0 Å². The van der Waals surface area contributed by atoms with Crippen LogP contribution in [-0.4, -0.2) is 26.0 Å². The molecule has 0 aliphatic heterocycles. The molecule has 0 radical (unpaired) electrons. The van der Waals surface area contributed by atoms with E-state index in [1.807, 2.05) is 6.07 Å². The number of halogens is 1. The van der Waals surface area contributed by atoms with E-state index in [0.717, 1.165) is 30.4 Å². The summed E-state index contributed by atoms with van der Waals surface area (Å²) >= 11 is 7.52. The number of carbonyl (C=O) groups excluding carboxylic acids is 2. The number of anilines is 2. The van der Waals surface area contributed by atoms with Gasteiger partial charge in [0.1, 0.15) is 5.00 Å². The molecule has 8 heteroatoms. The fourth-order valence-electron chi connectivity index (χ4n) is 4.73. The maximum atomic E-state index is 13.5. The van der Waals surface area contributed by atoms with E-state index in [1.54, 1.807) is 50.6 Å². The highest BCUT2D eigenvalue weighted by Gasteiger charge is 2.34. The lowest BCUT2D eigenvalue weighted by Gasteiger charge is -2.33. The minimum absolute atomic E-state index is 0.145. The maximum Gasteiger partial charge on any atom is 0.258 e. The number of carbonyl (C=O) groups is 2. The molecule has 0 saturated heterocycles. The van der Waals surface area contributed by atoms with E-state index in [0.29, 0.717) is 38.7 Å². The molecule has 1 heterocycles. The van der Waals surface area contributed by atoms with Crippen molar-refractivity contribution in [3.05, 3.63) is 69.1 Å². The van der Waals surface area contributed by atoms with Gasteiger partial charge in [-0.15, -0.1) is 11.3 Å². The first kappa shape index (κ1) is 27.0. The van der Waals surface area contributed by atoms with E-state index in [4.69, 9.17) is 21.1 Å². The maximum absolute atomic E-state index is 13.5. The highest BCUT2D eigenvalue weighted by Crippen LogP contribution is 2.44. The van der Waals surface area contributed by atoms with Crippen molar-refractivity contribution in [2.75, 3.05) is 24.9 Å². The van der Waals surface area contributed by atoms with Crippen LogP contribution in [-0.2, 0) is 24.1 Å². The predicted octanol–water partition coefficient (Wildman–Crippen LogP) is 7.00. The second-order valence-corrected chi connectivity index (χ2v) is 11.9. The van der Waals surface area contributed by atoms with Gasteiger partial charge < -0.3 is 20.1 Å². The Bertz CT molecular complexity index is 1290. The van der Waals surface area contributed by atoms with Crippen LogP contribution in [0.4, 0.5) is 10.7 Å². The lowest BCUT2D eigenvalue weighted by molar-refractivity contribution is -0.115. The first-order chi connectivity index (χ1) is 17.6. The number of fused-ring (bicyclic) bond motifs is 1. The second-order valence-electron chi connectivity index (χ2n) is 10.4. The van der Waals surface area contributed by atoms with Crippen LogP contribution >= 0.6 is 22.9 Å². The van der Waals surface area contributed by atoms with Crippen LogP contribution in [0.2, 0.25) is 5.02 Å². The van der Waals surface area contributed by atoms with Gasteiger partial charge in [0.15, 0.2) is 11.5 Å². The van der Waals surface area contributed by atoms with Gasteiger partial charge in [0, 0.05) is 15.6 Å². The van der Waals surface area contributed by atoms with Gasteiger partial charge in [0.05, 0.1) is 26.2 Å². The number of rotatable bonds is 7. The molecule has 37 heavy (non-hydrogen) atoms. The zero-order valence-corrected chi connectivity index (χ0v) is 23.4. The molecule has 1 aromatic heterocycles. The molecular formula is C29H33ClN2O4S. The van der Waals surface area contributed by atoms with Crippen LogP contribution in [0.1, 0.15) is 53.6 Å². The van der Waals surface area contributed by atoms with Crippen molar-refractivity contribution in [1.29, 1.82) is 0 Å².